The van der Waals surface area contributed by atoms with Crippen molar-refractivity contribution in [2.24, 2.45) is 0 Å². The van der Waals surface area contributed by atoms with Crippen molar-refractivity contribution in [3.05, 3.63) is 34.6 Å². The maximum atomic E-state index is 4.85. The Morgan fingerprint density at radius 3 is 3.11 bits per heavy atom. The molecule has 4 heteroatoms. The molecule has 3 nitrogen and oxygen atoms in total. The highest BCUT2D eigenvalue weighted by Crippen LogP contribution is 2.37. The van der Waals surface area contributed by atoms with Crippen molar-refractivity contribution in [1.29, 1.82) is 0 Å². The molecule has 2 aromatic heterocycles. The smallest absolute Gasteiger partial charge is 0.125 e. The Morgan fingerprint density at radius 2 is 2.33 bits per heavy atom. The van der Waals surface area contributed by atoms with Crippen molar-refractivity contribution in [3.8, 4) is 10.6 Å². The summed E-state index contributed by atoms with van der Waals surface area (Å²) in [4.78, 5) is 10.5. The first-order valence-corrected chi connectivity index (χ1v) is 7.19. The Bertz CT molecular complexity index is 562. The van der Waals surface area contributed by atoms with Gasteiger partial charge in [-0.25, -0.2) is 4.98 Å². The summed E-state index contributed by atoms with van der Waals surface area (Å²) in [6.45, 7) is 2.12. The summed E-state index contributed by atoms with van der Waals surface area (Å²) in [5.74, 6) is 0. The molecule has 0 radical (unpaired) electrons. The maximum Gasteiger partial charge on any atom is 0.125 e. The van der Waals surface area contributed by atoms with Crippen molar-refractivity contribution in [2.75, 3.05) is 7.05 Å². The highest BCUT2D eigenvalue weighted by Gasteiger charge is 2.24. The number of fused-ring (bicyclic) bond motifs is 1. The zero-order valence-corrected chi connectivity index (χ0v) is 11.5. The van der Waals surface area contributed by atoms with Gasteiger partial charge >= 0.3 is 0 Å². The number of rotatable bonds is 2. The average Bonchev–Trinajstić information content (AvgIpc) is 2.82. The first-order chi connectivity index (χ1) is 8.79. The second-order valence-corrected chi connectivity index (χ2v) is 5.84. The Hall–Kier alpha value is -1.26. The second kappa shape index (κ2) is 4.78. The highest BCUT2D eigenvalue weighted by atomic mass is 32.1. The van der Waals surface area contributed by atoms with Crippen LogP contribution >= 0.6 is 11.3 Å². The summed E-state index contributed by atoms with van der Waals surface area (Å²) in [5.41, 5.74) is 3.68. The van der Waals surface area contributed by atoms with Crippen LogP contribution in [-0.4, -0.2) is 17.0 Å². The van der Waals surface area contributed by atoms with E-state index in [1.54, 1.807) is 0 Å². The molecule has 94 valence electrons. The number of aromatic nitrogens is 2. The van der Waals surface area contributed by atoms with E-state index in [1.165, 1.54) is 41.0 Å². The quantitative estimate of drug-likeness (QED) is 0.900. The molecule has 3 rings (SSSR count). The Kier molecular flexibility index (Phi) is 3.14. The maximum absolute atomic E-state index is 4.85. The fourth-order valence-electron chi connectivity index (χ4n) is 2.50. The first kappa shape index (κ1) is 11.8. The van der Waals surface area contributed by atoms with Crippen LogP contribution in [0, 0.1) is 6.92 Å². The first-order valence-electron chi connectivity index (χ1n) is 6.37. The SMILES string of the molecule is CNC1CCCc2sc(-c3cnccc3C)nc21. The third-order valence-electron chi connectivity index (χ3n) is 3.57. The number of hydrogen-bond acceptors (Lipinski definition) is 4. The third-order valence-corrected chi connectivity index (χ3v) is 4.74. The number of pyridine rings is 1. The number of thiazole rings is 1. The largest absolute Gasteiger partial charge is 0.312 e. The molecular formula is C14H17N3S. The van der Waals surface area contributed by atoms with E-state index in [-0.39, 0.29) is 0 Å². The molecule has 1 atom stereocenters. The molecule has 1 aliphatic rings. The van der Waals surface area contributed by atoms with Crippen molar-refractivity contribution in [2.45, 2.75) is 32.2 Å². The molecule has 0 saturated heterocycles. The molecule has 0 spiro atoms. The third kappa shape index (κ3) is 1.95. The molecule has 2 heterocycles. The van der Waals surface area contributed by atoms with Crippen LogP contribution in [-0.2, 0) is 6.42 Å². The van der Waals surface area contributed by atoms with E-state index in [9.17, 15) is 0 Å². The van der Waals surface area contributed by atoms with Gasteiger partial charge in [0, 0.05) is 22.8 Å². The second-order valence-electron chi connectivity index (χ2n) is 4.75. The Balaban J connectivity index is 2.05. The van der Waals surface area contributed by atoms with Crippen molar-refractivity contribution in [1.82, 2.24) is 15.3 Å². The molecule has 2 aromatic rings. The fraction of sp³-hybridized carbons (Fsp3) is 0.429. The molecule has 1 unspecified atom stereocenters. The minimum absolute atomic E-state index is 0.427. The van der Waals surface area contributed by atoms with Crippen LogP contribution in [0.2, 0.25) is 0 Å². The molecule has 1 aliphatic carbocycles. The van der Waals surface area contributed by atoms with Gasteiger partial charge in [-0.1, -0.05) is 0 Å². The fourth-order valence-corrected chi connectivity index (χ4v) is 3.74. The van der Waals surface area contributed by atoms with Crippen LogP contribution in [0.3, 0.4) is 0 Å². The number of aryl methyl sites for hydroxylation is 2. The average molecular weight is 259 g/mol. The lowest BCUT2D eigenvalue weighted by Gasteiger charge is -2.19. The lowest BCUT2D eigenvalue weighted by atomic mass is 9.98. The monoisotopic (exact) mass is 259 g/mol. The van der Waals surface area contributed by atoms with Crippen molar-refractivity contribution < 1.29 is 0 Å². The van der Waals surface area contributed by atoms with Gasteiger partial charge in [0.1, 0.15) is 5.01 Å². The summed E-state index contributed by atoms with van der Waals surface area (Å²) in [6, 6.07) is 2.47. The highest BCUT2D eigenvalue weighted by molar-refractivity contribution is 7.15. The van der Waals surface area contributed by atoms with Crippen LogP contribution in [0.15, 0.2) is 18.5 Å². The molecule has 1 N–H and O–H groups in total. The summed E-state index contributed by atoms with van der Waals surface area (Å²) in [5, 5.41) is 4.49. The van der Waals surface area contributed by atoms with Gasteiger partial charge in [-0.2, -0.15) is 0 Å². The summed E-state index contributed by atoms with van der Waals surface area (Å²) in [7, 11) is 2.02. The molecule has 0 amide bonds. The van der Waals surface area contributed by atoms with E-state index in [0.29, 0.717) is 6.04 Å². The Morgan fingerprint density at radius 1 is 1.44 bits per heavy atom. The van der Waals surface area contributed by atoms with Crippen LogP contribution < -0.4 is 5.32 Å². The van der Waals surface area contributed by atoms with E-state index in [2.05, 4.69) is 17.2 Å². The lowest BCUT2D eigenvalue weighted by molar-refractivity contribution is 0.490. The normalized spacial score (nSPS) is 18.7. The number of nitrogens with one attached hydrogen (secondary N) is 1. The van der Waals surface area contributed by atoms with Crippen LogP contribution in [0.5, 0.6) is 0 Å². The molecular weight excluding hydrogens is 242 g/mol. The van der Waals surface area contributed by atoms with Crippen molar-refractivity contribution >= 4 is 11.3 Å². The lowest BCUT2D eigenvalue weighted by Crippen LogP contribution is -2.21. The van der Waals surface area contributed by atoms with Crippen LogP contribution in [0.4, 0.5) is 0 Å². The van der Waals surface area contributed by atoms with Gasteiger partial charge in [-0.3, -0.25) is 4.98 Å². The Labute approximate surface area is 111 Å². The number of nitrogens with zero attached hydrogens (tertiary/aromatic N) is 2. The minimum atomic E-state index is 0.427. The van der Waals surface area contributed by atoms with E-state index in [4.69, 9.17) is 4.98 Å². The van der Waals surface area contributed by atoms with Gasteiger partial charge in [0.15, 0.2) is 0 Å². The standard InChI is InChI=1S/C14H17N3S/c1-9-6-7-16-8-10(9)14-17-13-11(15-2)4-3-5-12(13)18-14/h6-8,11,15H,3-5H2,1-2H3. The molecule has 0 aromatic carbocycles. The van der Waals surface area contributed by atoms with Gasteiger partial charge in [-0.05, 0) is 44.9 Å². The van der Waals surface area contributed by atoms with E-state index in [1.807, 2.05) is 36.8 Å². The van der Waals surface area contributed by atoms with E-state index < -0.39 is 0 Å². The zero-order valence-electron chi connectivity index (χ0n) is 10.7. The summed E-state index contributed by atoms with van der Waals surface area (Å²) in [6.07, 6.45) is 7.38. The predicted octanol–water partition coefficient (Wildman–Crippen LogP) is 3.11. The molecule has 0 saturated carbocycles. The van der Waals surface area contributed by atoms with Gasteiger partial charge in [-0.15, -0.1) is 11.3 Å². The minimum Gasteiger partial charge on any atom is -0.312 e. The molecule has 0 fully saturated rings. The molecule has 18 heavy (non-hydrogen) atoms. The van der Waals surface area contributed by atoms with Crippen molar-refractivity contribution in [3.63, 3.8) is 0 Å². The van der Waals surface area contributed by atoms with Crippen LogP contribution in [0.25, 0.3) is 10.6 Å². The van der Waals surface area contributed by atoms with E-state index in [0.717, 1.165) is 5.01 Å². The van der Waals surface area contributed by atoms with Gasteiger partial charge < -0.3 is 5.32 Å². The van der Waals surface area contributed by atoms with Gasteiger partial charge in [0.2, 0.25) is 0 Å². The summed E-state index contributed by atoms with van der Waals surface area (Å²) >= 11 is 1.83. The number of hydrogen-bond donors (Lipinski definition) is 1. The zero-order chi connectivity index (χ0) is 12.5. The predicted molar refractivity (Wildman–Crippen MR) is 74.8 cm³/mol. The molecule has 0 bridgehead atoms. The van der Waals surface area contributed by atoms with Crippen LogP contribution in [0.1, 0.15) is 35.0 Å². The molecule has 0 aliphatic heterocycles. The van der Waals surface area contributed by atoms with E-state index >= 15 is 0 Å². The topological polar surface area (TPSA) is 37.8 Å². The summed E-state index contributed by atoms with van der Waals surface area (Å²) < 4.78 is 0. The van der Waals surface area contributed by atoms with Gasteiger partial charge in [0.05, 0.1) is 11.7 Å². The van der Waals surface area contributed by atoms with Gasteiger partial charge in [0.25, 0.3) is 0 Å².